The normalized spacial score (nSPS) is 21.6. The molecule has 0 aliphatic carbocycles. The maximum absolute atomic E-state index is 5.52. The van der Waals surface area contributed by atoms with Gasteiger partial charge in [0.15, 0.2) is 0 Å². The lowest BCUT2D eigenvalue weighted by molar-refractivity contribution is 0.00199. The van der Waals surface area contributed by atoms with Crippen LogP contribution in [0.5, 0.6) is 0 Å². The molecule has 3 rings (SSSR count). The topological polar surface area (TPSA) is 41.5 Å². The van der Waals surface area contributed by atoms with Crippen LogP contribution in [0, 0.1) is 12.3 Å². The van der Waals surface area contributed by atoms with E-state index >= 15 is 0 Å². The standard InChI is InChI=1S/C16H26N4O/c1-13-12-17-15(18-14(13)19(2)3)20-8-4-16(5-9-20)6-10-21-11-7-16/h12H,4-11H2,1-3H3. The third-order valence-electron chi connectivity index (χ3n) is 5.02. The lowest BCUT2D eigenvalue weighted by atomic mass is 9.72. The highest BCUT2D eigenvalue weighted by atomic mass is 16.5. The van der Waals surface area contributed by atoms with E-state index in [1.807, 2.05) is 20.3 Å². The zero-order chi connectivity index (χ0) is 14.9. The van der Waals surface area contributed by atoms with Crippen molar-refractivity contribution in [2.24, 2.45) is 5.41 Å². The average Bonchev–Trinajstić information content (AvgIpc) is 2.49. The van der Waals surface area contributed by atoms with Crippen LogP contribution in [0.15, 0.2) is 6.20 Å². The molecule has 1 aromatic rings. The molecule has 0 radical (unpaired) electrons. The number of anilines is 2. The largest absolute Gasteiger partial charge is 0.381 e. The van der Waals surface area contributed by atoms with Gasteiger partial charge in [0.1, 0.15) is 5.82 Å². The van der Waals surface area contributed by atoms with Crippen molar-refractivity contribution >= 4 is 11.8 Å². The molecular weight excluding hydrogens is 264 g/mol. The number of nitrogens with zero attached hydrogens (tertiary/aromatic N) is 4. The Morgan fingerprint density at radius 1 is 1.14 bits per heavy atom. The van der Waals surface area contributed by atoms with Crippen molar-refractivity contribution in [3.8, 4) is 0 Å². The van der Waals surface area contributed by atoms with Gasteiger partial charge < -0.3 is 14.5 Å². The fourth-order valence-corrected chi connectivity index (χ4v) is 3.51. The summed E-state index contributed by atoms with van der Waals surface area (Å²) in [5.74, 6) is 1.90. The van der Waals surface area contributed by atoms with Crippen molar-refractivity contribution in [3.05, 3.63) is 11.8 Å². The highest BCUT2D eigenvalue weighted by Crippen LogP contribution is 2.41. The lowest BCUT2D eigenvalue weighted by Crippen LogP contribution is -2.43. The highest BCUT2D eigenvalue weighted by Gasteiger charge is 2.36. The molecule has 1 spiro atoms. The van der Waals surface area contributed by atoms with E-state index in [-0.39, 0.29) is 0 Å². The van der Waals surface area contributed by atoms with Gasteiger partial charge in [-0.3, -0.25) is 0 Å². The average molecular weight is 290 g/mol. The molecule has 2 aliphatic heterocycles. The van der Waals surface area contributed by atoms with Crippen molar-refractivity contribution in [2.45, 2.75) is 32.6 Å². The van der Waals surface area contributed by atoms with Crippen LogP contribution in [0.25, 0.3) is 0 Å². The molecule has 2 saturated heterocycles. The Morgan fingerprint density at radius 3 is 2.43 bits per heavy atom. The molecule has 0 bridgehead atoms. The summed E-state index contributed by atoms with van der Waals surface area (Å²) in [5.41, 5.74) is 1.64. The number of piperidine rings is 1. The van der Waals surface area contributed by atoms with Gasteiger partial charge in [0, 0.05) is 52.2 Å². The summed E-state index contributed by atoms with van der Waals surface area (Å²) in [6, 6.07) is 0. The summed E-state index contributed by atoms with van der Waals surface area (Å²) in [6.45, 7) is 6.07. The molecule has 0 N–H and O–H groups in total. The van der Waals surface area contributed by atoms with E-state index in [0.717, 1.165) is 43.6 Å². The molecule has 3 heterocycles. The molecule has 5 heteroatoms. The fraction of sp³-hybridized carbons (Fsp3) is 0.750. The number of aryl methyl sites for hydroxylation is 1. The third kappa shape index (κ3) is 2.98. The van der Waals surface area contributed by atoms with Crippen LogP contribution >= 0.6 is 0 Å². The van der Waals surface area contributed by atoms with Crippen molar-refractivity contribution in [1.82, 2.24) is 9.97 Å². The fourth-order valence-electron chi connectivity index (χ4n) is 3.51. The van der Waals surface area contributed by atoms with Gasteiger partial charge in [0.2, 0.25) is 5.95 Å². The summed E-state index contributed by atoms with van der Waals surface area (Å²) < 4.78 is 5.52. The van der Waals surface area contributed by atoms with Crippen molar-refractivity contribution in [3.63, 3.8) is 0 Å². The van der Waals surface area contributed by atoms with E-state index in [0.29, 0.717) is 5.41 Å². The Hall–Kier alpha value is -1.36. The second kappa shape index (κ2) is 5.79. The van der Waals surface area contributed by atoms with Crippen LogP contribution < -0.4 is 9.80 Å². The molecule has 1 aromatic heterocycles. The van der Waals surface area contributed by atoms with E-state index < -0.39 is 0 Å². The van der Waals surface area contributed by atoms with Gasteiger partial charge in [0.25, 0.3) is 0 Å². The van der Waals surface area contributed by atoms with E-state index in [2.05, 4.69) is 21.7 Å². The molecule has 0 aromatic carbocycles. The zero-order valence-electron chi connectivity index (χ0n) is 13.4. The Kier molecular flexibility index (Phi) is 4.02. The number of hydrogen-bond donors (Lipinski definition) is 0. The van der Waals surface area contributed by atoms with Crippen LogP contribution in [-0.2, 0) is 4.74 Å². The molecule has 116 valence electrons. The van der Waals surface area contributed by atoms with Crippen LogP contribution in [0.3, 0.4) is 0 Å². The van der Waals surface area contributed by atoms with E-state index in [1.54, 1.807) is 0 Å². The minimum atomic E-state index is 0.518. The minimum absolute atomic E-state index is 0.518. The van der Waals surface area contributed by atoms with Crippen molar-refractivity contribution in [1.29, 1.82) is 0 Å². The molecular formula is C16H26N4O. The van der Waals surface area contributed by atoms with E-state index in [9.17, 15) is 0 Å². The summed E-state index contributed by atoms with van der Waals surface area (Å²) in [6.07, 6.45) is 6.86. The second-order valence-corrected chi connectivity index (χ2v) is 6.67. The van der Waals surface area contributed by atoms with E-state index in [4.69, 9.17) is 9.72 Å². The Labute approximate surface area is 127 Å². The Bertz CT molecular complexity index is 487. The monoisotopic (exact) mass is 290 g/mol. The molecule has 0 unspecified atom stereocenters. The first kappa shape index (κ1) is 14.6. The Morgan fingerprint density at radius 2 is 1.81 bits per heavy atom. The van der Waals surface area contributed by atoms with Crippen LogP contribution in [0.2, 0.25) is 0 Å². The van der Waals surface area contributed by atoms with Crippen LogP contribution in [0.1, 0.15) is 31.2 Å². The van der Waals surface area contributed by atoms with Crippen molar-refractivity contribution < 1.29 is 4.74 Å². The van der Waals surface area contributed by atoms with Gasteiger partial charge in [-0.15, -0.1) is 0 Å². The molecule has 0 amide bonds. The van der Waals surface area contributed by atoms with E-state index in [1.165, 1.54) is 25.7 Å². The van der Waals surface area contributed by atoms with Gasteiger partial charge in [0.05, 0.1) is 0 Å². The zero-order valence-corrected chi connectivity index (χ0v) is 13.4. The second-order valence-electron chi connectivity index (χ2n) is 6.67. The third-order valence-corrected chi connectivity index (χ3v) is 5.02. The predicted octanol–water partition coefficient (Wildman–Crippen LogP) is 2.25. The number of ether oxygens (including phenoxy) is 1. The molecule has 2 aliphatic rings. The van der Waals surface area contributed by atoms with Crippen LogP contribution in [0.4, 0.5) is 11.8 Å². The molecule has 5 nitrogen and oxygen atoms in total. The summed E-state index contributed by atoms with van der Waals surface area (Å²) in [7, 11) is 4.07. The maximum Gasteiger partial charge on any atom is 0.227 e. The smallest absolute Gasteiger partial charge is 0.227 e. The summed E-state index contributed by atoms with van der Waals surface area (Å²) in [4.78, 5) is 13.7. The Balaban J connectivity index is 1.70. The van der Waals surface area contributed by atoms with Gasteiger partial charge >= 0.3 is 0 Å². The van der Waals surface area contributed by atoms with Gasteiger partial charge in [-0.25, -0.2) is 4.98 Å². The molecule has 21 heavy (non-hydrogen) atoms. The predicted molar refractivity (Wildman–Crippen MR) is 85.0 cm³/mol. The highest BCUT2D eigenvalue weighted by molar-refractivity contribution is 5.48. The molecule has 0 atom stereocenters. The van der Waals surface area contributed by atoms with Gasteiger partial charge in [-0.2, -0.15) is 4.98 Å². The first-order chi connectivity index (χ1) is 10.1. The maximum atomic E-state index is 5.52. The number of rotatable bonds is 2. The number of aromatic nitrogens is 2. The van der Waals surface area contributed by atoms with Gasteiger partial charge in [-0.1, -0.05) is 0 Å². The molecule has 0 saturated carbocycles. The minimum Gasteiger partial charge on any atom is -0.381 e. The first-order valence-corrected chi connectivity index (χ1v) is 7.93. The summed E-state index contributed by atoms with van der Waals surface area (Å²) in [5, 5.41) is 0. The number of hydrogen-bond acceptors (Lipinski definition) is 5. The van der Waals surface area contributed by atoms with Gasteiger partial charge in [-0.05, 0) is 38.0 Å². The molecule has 2 fully saturated rings. The van der Waals surface area contributed by atoms with Crippen molar-refractivity contribution in [2.75, 3.05) is 50.2 Å². The SMILES string of the molecule is Cc1cnc(N2CCC3(CCOCC3)CC2)nc1N(C)C. The quantitative estimate of drug-likeness (QED) is 0.835. The first-order valence-electron chi connectivity index (χ1n) is 7.93. The lowest BCUT2D eigenvalue weighted by Gasteiger charge is -2.44. The summed E-state index contributed by atoms with van der Waals surface area (Å²) >= 11 is 0. The van der Waals surface area contributed by atoms with Crippen LogP contribution in [-0.4, -0.2) is 50.4 Å².